The fraction of sp³-hybridized carbons (Fsp3) is 0.524. The first kappa shape index (κ1) is 23.7. The summed E-state index contributed by atoms with van der Waals surface area (Å²) in [5.41, 5.74) is 0.433. The Kier molecular flexibility index (Phi) is 8.26. The molecule has 1 amide bonds. The molecule has 1 N–H and O–H groups in total. The van der Waals surface area contributed by atoms with Crippen molar-refractivity contribution in [3.05, 3.63) is 29.8 Å². The van der Waals surface area contributed by atoms with Crippen molar-refractivity contribution >= 4 is 21.9 Å². The van der Waals surface area contributed by atoms with Gasteiger partial charge in [0.1, 0.15) is 12.4 Å². The maximum atomic E-state index is 12.7. The zero-order chi connectivity index (χ0) is 22.3. The van der Waals surface area contributed by atoms with Crippen molar-refractivity contribution < 1.29 is 27.9 Å². The molecule has 1 aromatic rings. The van der Waals surface area contributed by atoms with E-state index in [0.717, 1.165) is 6.26 Å². The van der Waals surface area contributed by atoms with Crippen molar-refractivity contribution in [1.29, 1.82) is 0 Å². The van der Waals surface area contributed by atoms with Crippen molar-refractivity contribution in [3.8, 4) is 17.6 Å². The van der Waals surface area contributed by atoms with Crippen LogP contribution in [0.5, 0.6) is 5.75 Å². The van der Waals surface area contributed by atoms with Crippen LogP contribution in [0.25, 0.3) is 0 Å². The van der Waals surface area contributed by atoms with Gasteiger partial charge in [-0.3, -0.25) is 9.59 Å². The molecule has 1 aromatic carbocycles. The van der Waals surface area contributed by atoms with Crippen molar-refractivity contribution in [2.45, 2.75) is 19.8 Å². The lowest BCUT2D eigenvalue weighted by Gasteiger charge is -2.34. The van der Waals surface area contributed by atoms with Crippen LogP contribution in [0, 0.1) is 23.7 Å². The van der Waals surface area contributed by atoms with Gasteiger partial charge in [-0.25, -0.2) is 12.7 Å². The van der Waals surface area contributed by atoms with Gasteiger partial charge in [-0.1, -0.05) is 5.92 Å². The maximum absolute atomic E-state index is 12.7. The number of hydrogen-bond donors (Lipinski definition) is 1. The van der Waals surface area contributed by atoms with Crippen LogP contribution in [0.4, 0.5) is 0 Å². The van der Waals surface area contributed by atoms with Crippen LogP contribution >= 0.6 is 0 Å². The second kappa shape index (κ2) is 10.5. The summed E-state index contributed by atoms with van der Waals surface area (Å²) in [6.07, 6.45) is 2.07. The van der Waals surface area contributed by atoms with Gasteiger partial charge in [-0.2, -0.15) is 0 Å². The Morgan fingerprint density at radius 2 is 1.87 bits per heavy atom. The van der Waals surface area contributed by atoms with Crippen LogP contribution in [0.1, 0.15) is 30.1 Å². The first-order valence-electron chi connectivity index (χ1n) is 9.69. The fourth-order valence-corrected chi connectivity index (χ4v) is 4.40. The van der Waals surface area contributed by atoms with E-state index in [4.69, 9.17) is 4.74 Å². The Morgan fingerprint density at radius 3 is 2.37 bits per heavy atom. The molecule has 9 heteroatoms. The van der Waals surface area contributed by atoms with Gasteiger partial charge in [0.25, 0.3) is 5.91 Å². The number of sulfonamides is 1. The average molecular weight is 437 g/mol. The molecule has 0 aromatic heterocycles. The summed E-state index contributed by atoms with van der Waals surface area (Å²) in [5, 5.41) is 9.69. The molecule has 0 bridgehead atoms. The molecule has 164 valence electrons. The van der Waals surface area contributed by atoms with Crippen LogP contribution in [-0.2, 0) is 14.8 Å². The lowest BCUT2D eigenvalue weighted by Crippen LogP contribution is -2.44. The van der Waals surface area contributed by atoms with Gasteiger partial charge in [-0.05, 0) is 49.9 Å². The van der Waals surface area contributed by atoms with Gasteiger partial charge in [0.15, 0.2) is 0 Å². The number of piperidine rings is 1. The molecule has 1 aliphatic rings. The summed E-state index contributed by atoms with van der Waals surface area (Å²) in [7, 11) is -1.70. The number of hydrogen-bond acceptors (Lipinski definition) is 5. The lowest BCUT2D eigenvalue weighted by atomic mass is 9.84. The molecule has 1 aliphatic heterocycles. The minimum atomic E-state index is -3.28. The van der Waals surface area contributed by atoms with Gasteiger partial charge in [0.2, 0.25) is 10.0 Å². The molecule has 0 radical (unpaired) electrons. The number of aliphatic carboxylic acids is 1. The van der Waals surface area contributed by atoms with E-state index < -0.39 is 21.9 Å². The van der Waals surface area contributed by atoms with Gasteiger partial charge in [0.05, 0.1) is 12.2 Å². The first-order valence-corrected chi connectivity index (χ1v) is 11.5. The van der Waals surface area contributed by atoms with E-state index in [1.807, 2.05) is 0 Å². The topological polar surface area (TPSA) is 104 Å². The molecule has 2 rings (SSSR count). The SMILES string of the molecule is CC#CCOc1ccc(C(=O)N(C)C[C@@H](C(=O)O)C2CCN(S(C)(=O)=O)CC2)cc1. The predicted octanol–water partition coefficient (Wildman–Crippen LogP) is 1.53. The second-order valence-electron chi connectivity index (χ2n) is 7.37. The van der Waals surface area contributed by atoms with Crippen LogP contribution in [-0.4, -0.2) is 74.2 Å². The molecule has 0 spiro atoms. The molecule has 0 unspecified atom stereocenters. The highest BCUT2D eigenvalue weighted by molar-refractivity contribution is 7.88. The number of rotatable bonds is 8. The summed E-state index contributed by atoms with van der Waals surface area (Å²) in [5.74, 6) is 3.91. The monoisotopic (exact) mass is 436 g/mol. The molecule has 1 heterocycles. The number of carbonyl (C=O) groups is 2. The molecule has 0 saturated carbocycles. The van der Waals surface area contributed by atoms with E-state index in [-0.39, 0.29) is 25.0 Å². The minimum Gasteiger partial charge on any atom is -0.481 e. The highest BCUT2D eigenvalue weighted by atomic mass is 32.2. The standard InChI is InChI=1S/C21H28N2O6S/c1-4-5-14-29-18-8-6-17(7-9-18)20(24)22(2)15-19(21(25)26)16-10-12-23(13-11-16)30(3,27)28/h6-9,16,19H,10-15H2,1-3H3,(H,25,26)/t19-/m1/s1. The first-order chi connectivity index (χ1) is 14.1. The highest BCUT2D eigenvalue weighted by Crippen LogP contribution is 2.27. The lowest BCUT2D eigenvalue weighted by molar-refractivity contribution is -0.144. The van der Waals surface area contributed by atoms with Gasteiger partial charge in [-0.15, -0.1) is 5.92 Å². The van der Waals surface area contributed by atoms with Crippen LogP contribution in [0.2, 0.25) is 0 Å². The second-order valence-corrected chi connectivity index (χ2v) is 9.35. The summed E-state index contributed by atoms with van der Waals surface area (Å²) >= 11 is 0. The Morgan fingerprint density at radius 1 is 1.27 bits per heavy atom. The Balaban J connectivity index is 1.99. The molecule has 1 saturated heterocycles. The summed E-state index contributed by atoms with van der Waals surface area (Å²) in [6, 6.07) is 6.61. The minimum absolute atomic E-state index is 0.0576. The summed E-state index contributed by atoms with van der Waals surface area (Å²) in [6.45, 7) is 2.65. The highest BCUT2D eigenvalue weighted by Gasteiger charge is 2.35. The largest absolute Gasteiger partial charge is 0.481 e. The van der Waals surface area contributed by atoms with Crippen molar-refractivity contribution in [2.24, 2.45) is 11.8 Å². The number of ether oxygens (including phenoxy) is 1. The molecule has 1 atom stereocenters. The number of benzene rings is 1. The molecule has 30 heavy (non-hydrogen) atoms. The Bertz CT molecular complexity index is 909. The zero-order valence-electron chi connectivity index (χ0n) is 17.5. The quantitative estimate of drug-likeness (QED) is 0.620. The maximum Gasteiger partial charge on any atom is 0.308 e. The molecular weight excluding hydrogens is 408 g/mol. The van der Waals surface area contributed by atoms with Gasteiger partial charge >= 0.3 is 5.97 Å². The Labute approximate surface area is 177 Å². The number of carboxylic acids is 1. The normalized spacial score (nSPS) is 16.2. The van der Waals surface area contributed by atoms with E-state index >= 15 is 0 Å². The van der Waals surface area contributed by atoms with E-state index in [1.54, 1.807) is 38.2 Å². The van der Waals surface area contributed by atoms with E-state index in [9.17, 15) is 23.1 Å². The van der Waals surface area contributed by atoms with Crippen LogP contribution in [0.3, 0.4) is 0 Å². The van der Waals surface area contributed by atoms with E-state index in [2.05, 4.69) is 11.8 Å². The van der Waals surface area contributed by atoms with Crippen molar-refractivity contribution in [2.75, 3.05) is 39.5 Å². The third-order valence-electron chi connectivity index (χ3n) is 5.26. The fourth-order valence-electron chi connectivity index (χ4n) is 3.52. The number of carboxylic acid groups (broad SMARTS) is 1. The van der Waals surface area contributed by atoms with Crippen LogP contribution in [0.15, 0.2) is 24.3 Å². The number of amides is 1. The summed E-state index contributed by atoms with van der Waals surface area (Å²) < 4.78 is 30.1. The molecule has 1 fully saturated rings. The molecule has 0 aliphatic carbocycles. The van der Waals surface area contributed by atoms with Crippen LogP contribution < -0.4 is 4.74 Å². The average Bonchev–Trinajstić information content (AvgIpc) is 2.71. The predicted molar refractivity (Wildman–Crippen MR) is 113 cm³/mol. The van der Waals surface area contributed by atoms with E-state index in [0.29, 0.717) is 37.2 Å². The third kappa shape index (κ3) is 6.47. The smallest absolute Gasteiger partial charge is 0.308 e. The molecular formula is C21H28N2O6S. The molecule has 8 nitrogen and oxygen atoms in total. The summed E-state index contributed by atoms with van der Waals surface area (Å²) in [4.78, 5) is 26.0. The van der Waals surface area contributed by atoms with Crippen molar-refractivity contribution in [3.63, 3.8) is 0 Å². The Hall–Kier alpha value is -2.57. The van der Waals surface area contributed by atoms with Gasteiger partial charge in [0, 0.05) is 32.2 Å². The number of carbonyl (C=O) groups excluding carboxylic acids is 1. The van der Waals surface area contributed by atoms with Crippen molar-refractivity contribution in [1.82, 2.24) is 9.21 Å². The zero-order valence-corrected chi connectivity index (χ0v) is 18.3. The van der Waals surface area contributed by atoms with E-state index in [1.165, 1.54) is 9.21 Å². The van der Waals surface area contributed by atoms with Gasteiger partial charge < -0.3 is 14.7 Å². The third-order valence-corrected chi connectivity index (χ3v) is 6.56. The number of nitrogens with zero attached hydrogens (tertiary/aromatic N) is 2.